The zero-order valence-electron chi connectivity index (χ0n) is 18.9. The normalized spacial score (nSPS) is 15.7. The van der Waals surface area contributed by atoms with Gasteiger partial charge in [0.15, 0.2) is 33.6 Å². The molecule has 1 fully saturated rings. The fraction of sp³-hybridized carbons (Fsp3) is 0.333. The van der Waals surface area contributed by atoms with Crippen molar-refractivity contribution in [2.45, 2.75) is 35.9 Å². The third-order valence-corrected chi connectivity index (χ3v) is 8.50. The first-order valence-corrected chi connectivity index (χ1v) is 13.2. The van der Waals surface area contributed by atoms with Crippen LogP contribution in [0.5, 0.6) is 11.5 Å². The molecule has 0 radical (unpaired) electrons. The van der Waals surface area contributed by atoms with E-state index in [2.05, 4.69) is 26.0 Å². The average Bonchev–Trinajstić information content (AvgIpc) is 3.63. The predicted molar refractivity (Wildman–Crippen MR) is 135 cm³/mol. The van der Waals surface area contributed by atoms with Gasteiger partial charge in [0.05, 0.1) is 0 Å². The molecule has 1 amide bonds. The number of carbonyl (C=O) groups excluding carboxylic acids is 1. The molecule has 0 unspecified atom stereocenters. The lowest BCUT2D eigenvalue weighted by molar-refractivity contribution is -0.119. The van der Waals surface area contributed by atoms with Crippen LogP contribution in [0.2, 0.25) is 0 Å². The van der Waals surface area contributed by atoms with Gasteiger partial charge in [0.2, 0.25) is 13.2 Å². The van der Waals surface area contributed by atoms with Crippen LogP contribution in [0.25, 0.3) is 21.6 Å². The van der Waals surface area contributed by atoms with Crippen LogP contribution in [0, 0.1) is 5.92 Å². The maximum absolute atomic E-state index is 11.1. The maximum atomic E-state index is 11.1. The molecule has 2 N–H and O–H groups in total. The third-order valence-electron chi connectivity index (χ3n) is 6.55. The molecule has 0 bridgehead atoms. The number of fused-ring (bicyclic) bond motifs is 2. The Balaban J connectivity index is 1.35. The third kappa shape index (κ3) is 4.30. The zero-order valence-corrected chi connectivity index (χ0v) is 20.6. The van der Waals surface area contributed by atoms with Crippen molar-refractivity contribution in [2.75, 3.05) is 25.6 Å². The molecule has 2 aliphatic heterocycles. The molecule has 11 heteroatoms. The summed E-state index contributed by atoms with van der Waals surface area (Å²) in [6.45, 7) is 2.62. The van der Waals surface area contributed by atoms with Crippen molar-refractivity contribution in [1.29, 1.82) is 0 Å². The van der Waals surface area contributed by atoms with Crippen molar-refractivity contribution in [3.8, 4) is 21.9 Å². The van der Waals surface area contributed by atoms with Gasteiger partial charge >= 0.3 is 0 Å². The number of ether oxygens (including phenoxy) is 2. The standard InChI is InChI=1S/C24H24N6O3S2/c25-22-21-23(27-12-26-22)30(8-5-15-3-6-29(13-31)7-4-15)24(28-21)35-20-11-18-17(32-14-33-18)10-16(20)19-2-1-9-34-19/h1-2,9-13,15H,3-8,14H2,(H2,25,26,27). The number of benzene rings is 1. The molecule has 35 heavy (non-hydrogen) atoms. The number of rotatable bonds is 7. The van der Waals surface area contributed by atoms with Crippen LogP contribution in [-0.4, -0.2) is 50.7 Å². The van der Waals surface area contributed by atoms with Gasteiger partial charge in [-0.1, -0.05) is 17.8 Å². The van der Waals surface area contributed by atoms with Gasteiger partial charge in [0.25, 0.3) is 0 Å². The Kier molecular flexibility index (Phi) is 5.95. The largest absolute Gasteiger partial charge is 0.454 e. The Morgan fingerprint density at radius 1 is 1.20 bits per heavy atom. The highest BCUT2D eigenvalue weighted by molar-refractivity contribution is 7.99. The van der Waals surface area contributed by atoms with E-state index in [0.717, 1.165) is 82.9 Å². The predicted octanol–water partition coefficient (Wildman–Crippen LogP) is 4.28. The molecule has 6 rings (SSSR count). The fourth-order valence-electron chi connectivity index (χ4n) is 4.60. The SMILES string of the molecule is Nc1ncnc2c1nc(Sc1cc3c(cc1-c1cccs1)OCO3)n2CCC1CCN(C=O)CC1. The minimum atomic E-state index is 0.223. The summed E-state index contributed by atoms with van der Waals surface area (Å²) in [4.78, 5) is 28.6. The number of imidazole rings is 1. The lowest BCUT2D eigenvalue weighted by Gasteiger charge is -2.29. The van der Waals surface area contributed by atoms with E-state index < -0.39 is 0 Å². The highest BCUT2D eigenvalue weighted by atomic mass is 32.2. The van der Waals surface area contributed by atoms with Crippen LogP contribution in [0.1, 0.15) is 19.3 Å². The van der Waals surface area contributed by atoms with Crippen molar-refractivity contribution in [3.05, 3.63) is 36.0 Å². The smallest absolute Gasteiger partial charge is 0.231 e. The van der Waals surface area contributed by atoms with E-state index in [1.807, 2.05) is 23.1 Å². The molecule has 180 valence electrons. The number of nitrogens with two attached hydrogens (primary N) is 1. The summed E-state index contributed by atoms with van der Waals surface area (Å²) >= 11 is 3.26. The maximum Gasteiger partial charge on any atom is 0.231 e. The van der Waals surface area contributed by atoms with Gasteiger partial charge in [-0.05, 0) is 48.8 Å². The highest BCUT2D eigenvalue weighted by Crippen LogP contribution is 2.46. The minimum absolute atomic E-state index is 0.223. The molecule has 3 aromatic heterocycles. The quantitative estimate of drug-likeness (QED) is 0.369. The first-order chi connectivity index (χ1) is 17.2. The number of aryl methyl sites for hydroxylation is 1. The zero-order chi connectivity index (χ0) is 23.8. The Bertz CT molecular complexity index is 1370. The highest BCUT2D eigenvalue weighted by Gasteiger charge is 2.24. The van der Waals surface area contributed by atoms with Crippen molar-refractivity contribution in [1.82, 2.24) is 24.4 Å². The van der Waals surface area contributed by atoms with Gasteiger partial charge in [-0.15, -0.1) is 11.3 Å². The minimum Gasteiger partial charge on any atom is -0.454 e. The number of likely N-dealkylation sites (tertiary alicyclic amines) is 1. The summed E-state index contributed by atoms with van der Waals surface area (Å²) in [5.74, 6) is 2.41. The lowest BCUT2D eigenvalue weighted by Crippen LogP contribution is -2.32. The van der Waals surface area contributed by atoms with E-state index >= 15 is 0 Å². The number of carbonyl (C=O) groups is 1. The summed E-state index contributed by atoms with van der Waals surface area (Å²) in [6, 6.07) is 8.21. The van der Waals surface area contributed by atoms with E-state index in [-0.39, 0.29) is 6.79 Å². The molecular weight excluding hydrogens is 484 g/mol. The summed E-state index contributed by atoms with van der Waals surface area (Å²) in [6.07, 6.45) is 5.44. The van der Waals surface area contributed by atoms with Gasteiger partial charge in [-0.3, -0.25) is 4.79 Å². The molecule has 5 heterocycles. The number of hydrogen-bond acceptors (Lipinski definition) is 9. The van der Waals surface area contributed by atoms with Crippen LogP contribution >= 0.6 is 23.1 Å². The lowest BCUT2D eigenvalue weighted by atomic mass is 9.94. The summed E-state index contributed by atoms with van der Waals surface area (Å²) in [5.41, 5.74) is 8.60. The van der Waals surface area contributed by atoms with E-state index in [9.17, 15) is 4.79 Å². The molecule has 2 aliphatic rings. The van der Waals surface area contributed by atoms with Gasteiger partial charge in [-0.25, -0.2) is 15.0 Å². The van der Waals surface area contributed by atoms with Crippen LogP contribution in [0.4, 0.5) is 5.82 Å². The second-order valence-corrected chi connectivity index (χ2v) is 10.6. The monoisotopic (exact) mass is 508 g/mol. The van der Waals surface area contributed by atoms with Crippen molar-refractivity contribution < 1.29 is 14.3 Å². The summed E-state index contributed by atoms with van der Waals surface area (Å²) in [7, 11) is 0. The van der Waals surface area contributed by atoms with Crippen LogP contribution in [0.15, 0.2) is 46.0 Å². The van der Waals surface area contributed by atoms with Gasteiger partial charge < -0.3 is 24.7 Å². The van der Waals surface area contributed by atoms with Crippen molar-refractivity contribution in [2.24, 2.45) is 5.92 Å². The van der Waals surface area contributed by atoms with Crippen LogP contribution in [-0.2, 0) is 11.3 Å². The topological polar surface area (TPSA) is 108 Å². The molecule has 4 aromatic rings. The molecule has 0 aliphatic carbocycles. The Hall–Kier alpha value is -3.31. The number of thiophene rings is 1. The molecule has 9 nitrogen and oxygen atoms in total. The second kappa shape index (κ2) is 9.38. The Morgan fingerprint density at radius 3 is 2.80 bits per heavy atom. The number of hydrogen-bond donors (Lipinski definition) is 1. The van der Waals surface area contributed by atoms with E-state index in [1.165, 1.54) is 6.33 Å². The van der Waals surface area contributed by atoms with E-state index in [4.69, 9.17) is 20.2 Å². The molecule has 0 spiro atoms. The Labute approximate surface area is 210 Å². The van der Waals surface area contributed by atoms with Gasteiger partial charge in [0, 0.05) is 35.0 Å². The number of aromatic nitrogens is 4. The first kappa shape index (κ1) is 22.2. The number of nitrogens with zero attached hydrogens (tertiary/aromatic N) is 5. The van der Waals surface area contributed by atoms with Crippen molar-refractivity contribution >= 4 is 46.5 Å². The number of piperidine rings is 1. The molecular formula is C24H24N6O3S2. The fourth-order valence-corrected chi connectivity index (χ4v) is 6.49. The molecule has 0 saturated carbocycles. The summed E-state index contributed by atoms with van der Waals surface area (Å²) < 4.78 is 13.5. The number of anilines is 1. The van der Waals surface area contributed by atoms with Gasteiger partial charge in [-0.2, -0.15) is 0 Å². The van der Waals surface area contributed by atoms with E-state index in [1.54, 1.807) is 23.1 Å². The summed E-state index contributed by atoms with van der Waals surface area (Å²) in [5, 5.41) is 2.88. The first-order valence-electron chi connectivity index (χ1n) is 11.5. The van der Waals surface area contributed by atoms with Crippen molar-refractivity contribution in [3.63, 3.8) is 0 Å². The number of amides is 1. The van der Waals surface area contributed by atoms with Crippen LogP contribution < -0.4 is 15.2 Å². The molecule has 1 aromatic carbocycles. The molecule has 1 saturated heterocycles. The van der Waals surface area contributed by atoms with Gasteiger partial charge in [0.1, 0.15) is 6.33 Å². The number of nitrogen functional groups attached to an aromatic ring is 1. The van der Waals surface area contributed by atoms with Crippen LogP contribution in [0.3, 0.4) is 0 Å². The second-order valence-electron chi connectivity index (χ2n) is 8.63. The molecule has 0 atom stereocenters. The Morgan fingerprint density at radius 2 is 2.03 bits per heavy atom. The average molecular weight is 509 g/mol. The van der Waals surface area contributed by atoms with E-state index in [0.29, 0.717) is 17.3 Å².